The highest BCUT2D eigenvalue weighted by atomic mass is 16.5. The molecule has 1 saturated heterocycles. The predicted molar refractivity (Wildman–Crippen MR) is 73.9 cm³/mol. The highest BCUT2D eigenvalue weighted by Gasteiger charge is 2.16. The summed E-state index contributed by atoms with van der Waals surface area (Å²) in [6.07, 6.45) is 4.30. The van der Waals surface area contributed by atoms with Crippen molar-refractivity contribution in [2.24, 2.45) is 0 Å². The number of aromatic nitrogens is 1. The van der Waals surface area contributed by atoms with Gasteiger partial charge < -0.3 is 14.6 Å². The molecule has 1 fully saturated rings. The first-order valence-corrected chi connectivity index (χ1v) is 6.75. The van der Waals surface area contributed by atoms with Crippen LogP contribution in [0.1, 0.15) is 12.8 Å². The molecule has 100 valence electrons. The second-order valence-corrected chi connectivity index (χ2v) is 4.94. The van der Waals surface area contributed by atoms with Gasteiger partial charge in [0.15, 0.2) is 0 Å². The summed E-state index contributed by atoms with van der Waals surface area (Å²) in [4.78, 5) is 11.9. The number of benzene rings is 1. The van der Waals surface area contributed by atoms with E-state index in [2.05, 4.69) is 11.4 Å². The van der Waals surface area contributed by atoms with E-state index in [9.17, 15) is 4.79 Å². The Morgan fingerprint density at radius 3 is 3.11 bits per heavy atom. The van der Waals surface area contributed by atoms with Crippen molar-refractivity contribution in [1.82, 2.24) is 9.88 Å². The van der Waals surface area contributed by atoms with Gasteiger partial charge in [-0.15, -0.1) is 0 Å². The van der Waals surface area contributed by atoms with Crippen molar-refractivity contribution < 1.29 is 9.53 Å². The fourth-order valence-electron chi connectivity index (χ4n) is 2.52. The van der Waals surface area contributed by atoms with Crippen molar-refractivity contribution in [3.63, 3.8) is 0 Å². The topological polar surface area (TPSA) is 43.3 Å². The van der Waals surface area contributed by atoms with Gasteiger partial charge >= 0.3 is 0 Å². The van der Waals surface area contributed by atoms with Crippen LogP contribution < -0.4 is 5.32 Å². The molecule has 19 heavy (non-hydrogen) atoms. The van der Waals surface area contributed by atoms with Crippen LogP contribution >= 0.6 is 0 Å². The van der Waals surface area contributed by atoms with Gasteiger partial charge in [-0.1, -0.05) is 18.2 Å². The Labute approximate surface area is 112 Å². The summed E-state index contributed by atoms with van der Waals surface area (Å²) in [5.74, 6) is 0.0388. The van der Waals surface area contributed by atoms with Crippen molar-refractivity contribution >= 4 is 16.8 Å². The van der Waals surface area contributed by atoms with E-state index in [0.717, 1.165) is 30.4 Å². The Bertz CT molecular complexity index is 570. The minimum atomic E-state index is 0.0388. The first kappa shape index (κ1) is 12.2. The molecular formula is C15H18N2O2. The molecule has 4 heteroatoms. The van der Waals surface area contributed by atoms with Crippen molar-refractivity contribution in [2.75, 3.05) is 13.2 Å². The molecule has 4 nitrogen and oxygen atoms in total. The van der Waals surface area contributed by atoms with Crippen LogP contribution in [-0.4, -0.2) is 29.7 Å². The number of nitrogens with zero attached hydrogens (tertiary/aromatic N) is 1. The molecule has 1 aromatic carbocycles. The molecule has 1 amide bonds. The summed E-state index contributed by atoms with van der Waals surface area (Å²) in [5.41, 5.74) is 1.09. The lowest BCUT2D eigenvalue weighted by atomic mass is 10.2. The molecule has 1 N–H and O–H groups in total. The second kappa shape index (κ2) is 5.45. The number of carbonyl (C=O) groups is 1. The summed E-state index contributed by atoms with van der Waals surface area (Å²) in [7, 11) is 0. The normalized spacial score (nSPS) is 18.8. The van der Waals surface area contributed by atoms with Crippen LogP contribution in [0.2, 0.25) is 0 Å². The number of rotatable bonds is 4. The Balaban J connectivity index is 1.59. The predicted octanol–water partition coefficient (Wildman–Crippen LogP) is 1.94. The van der Waals surface area contributed by atoms with Crippen LogP contribution in [0.15, 0.2) is 36.5 Å². The molecule has 2 heterocycles. The van der Waals surface area contributed by atoms with Crippen molar-refractivity contribution in [3.8, 4) is 0 Å². The maximum atomic E-state index is 11.9. The Hall–Kier alpha value is -1.81. The Morgan fingerprint density at radius 1 is 1.37 bits per heavy atom. The largest absolute Gasteiger partial charge is 0.376 e. The number of hydrogen-bond donors (Lipinski definition) is 1. The molecule has 0 spiro atoms. The van der Waals surface area contributed by atoms with Crippen LogP contribution in [0.4, 0.5) is 0 Å². The molecular weight excluding hydrogens is 240 g/mol. The third kappa shape index (κ3) is 2.79. The van der Waals surface area contributed by atoms with Gasteiger partial charge in [0.2, 0.25) is 5.91 Å². The van der Waals surface area contributed by atoms with E-state index in [-0.39, 0.29) is 12.0 Å². The van der Waals surface area contributed by atoms with Crippen LogP contribution in [-0.2, 0) is 16.1 Å². The Morgan fingerprint density at radius 2 is 2.26 bits per heavy atom. The number of nitrogens with one attached hydrogen (secondary N) is 1. The van der Waals surface area contributed by atoms with Crippen molar-refractivity contribution in [3.05, 3.63) is 36.5 Å². The fraction of sp³-hybridized carbons (Fsp3) is 0.400. The number of amides is 1. The third-order valence-electron chi connectivity index (χ3n) is 3.55. The molecule has 1 aromatic heterocycles. The molecule has 1 aliphatic rings. The second-order valence-electron chi connectivity index (χ2n) is 4.94. The van der Waals surface area contributed by atoms with E-state index in [4.69, 9.17) is 4.74 Å². The molecule has 1 unspecified atom stereocenters. The molecule has 0 bridgehead atoms. The van der Waals surface area contributed by atoms with Crippen molar-refractivity contribution in [1.29, 1.82) is 0 Å². The van der Waals surface area contributed by atoms with Crippen LogP contribution in [0.25, 0.3) is 10.9 Å². The zero-order valence-corrected chi connectivity index (χ0v) is 10.8. The summed E-state index contributed by atoms with van der Waals surface area (Å²) in [6, 6.07) is 10.1. The van der Waals surface area contributed by atoms with E-state index in [0.29, 0.717) is 13.1 Å². The minimum absolute atomic E-state index is 0.0388. The van der Waals surface area contributed by atoms with Gasteiger partial charge in [-0.3, -0.25) is 4.79 Å². The number of ether oxygens (including phenoxy) is 1. The lowest BCUT2D eigenvalue weighted by molar-refractivity contribution is -0.122. The zero-order valence-electron chi connectivity index (χ0n) is 10.8. The zero-order chi connectivity index (χ0) is 13.1. The number of fused-ring (bicyclic) bond motifs is 1. The van der Waals surface area contributed by atoms with Gasteiger partial charge in [0.1, 0.15) is 6.54 Å². The maximum absolute atomic E-state index is 11.9. The molecule has 0 radical (unpaired) electrons. The molecule has 1 aliphatic heterocycles. The minimum Gasteiger partial charge on any atom is -0.376 e. The monoisotopic (exact) mass is 258 g/mol. The Kier molecular flexibility index (Phi) is 3.51. The van der Waals surface area contributed by atoms with E-state index < -0.39 is 0 Å². The van der Waals surface area contributed by atoms with E-state index >= 15 is 0 Å². The van der Waals surface area contributed by atoms with E-state index in [1.54, 1.807) is 0 Å². The van der Waals surface area contributed by atoms with Gasteiger partial charge in [0.25, 0.3) is 0 Å². The highest BCUT2D eigenvalue weighted by Crippen LogP contribution is 2.15. The summed E-state index contributed by atoms with van der Waals surface area (Å²) < 4.78 is 7.46. The lowest BCUT2D eigenvalue weighted by Crippen LogP contribution is -2.33. The van der Waals surface area contributed by atoms with Crippen molar-refractivity contribution in [2.45, 2.75) is 25.5 Å². The molecule has 0 saturated carbocycles. The quantitative estimate of drug-likeness (QED) is 0.910. The summed E-state index contributed by atoms with van der Waals surface area (Å²) in [5, 5.41) is 4.10. The van der Waals surface area contributed by atoms with Crippen LogP contribution in [0, 0.1) is 0 Å². The van der Waals surface area contributed by atoms with E-state index in [1.165, 1.54) is 0 Å². The number of para-hydroxylation sites is 1. The molecule has 2 aromatic rings. The summed E-state index contributed by atoms with van der Waals surface area (Å²) >= 11 is 0. The first-order chi connectivity index (χ1) is 9.33. The fourth-order valence-corrected chi connectivity index (χ4v) is 2.52. The average Bonchev–Trinajstić information content (AvgIpc) is 3.07. The maximum Gasteiger partial charge on any atom is 0.240 e. The third-order valence-corrected chi connectivity index (χ3v) is 3.55. The van der Waals surface area contributed by atoms with Gasteiger partial charge in [0, 0.05) is 24.9 Å². The average molecular weight is 258 g/mol. The van der Waals surface area contributed by atoms with E-state index in [1.807, 2.05) is 35.0 Å². The van der Waals surface area contributed by atoms with Gasteiger partial charge in [-0.25, -0.2) is 0 Å². The van der Waals surface area contributed by atoms with Gasteiger partial charge in [-0.05, 0) is 30.4 Å². The first-order valence-electron chi connectivity index (χ1n) is 6.75. The van der Waals surface area contributed by atoms with Crippen LogP contribution in [0.3, 0.4) is 0 Å². The van der Waals surface area contributed by atoms with Crippen LogP contribution in [0.5, 0.6) is 0 Å². The number of carbonyl (C=O) groups excluding carboxylic acids is 1. The van der Waals surface area contributed by atoms with Gasteiger partial charge in [0.05, 0.1) is 6.10 Å². The molecule has 0 aliphatic carbocycles. The summed E-state index contributed by atoms with van der Waals surface area (Å²) in [6.45, 7) is 1.81. The standard InChI is InChI=1S/C15H18N2O2/c18-15(16-10-13-5-3-9-19-13)11-17-8-7-12-4-1-2-6-14(12)17/h1-2,4,6-8,13H,3,5,9-11H2,(H,16,18). The molecule has 3 rings (SSSR count). The molecule has 1 atom stereocenters. The SMILES string of the molecule is O=C(Cn1ccc2ccccc21)NCC1CCCO1. The highest BCUT2D eigenvalue weighted by molar-refractivity contribution is 5.83. The smallest absolute Gasteiger partial charge is 0.240 e. The lowest BCUT2D eigenvalue weighted by Gasteiger charge is -2.11. The number of hydrogen-bond acceptors (Lipinski definition) is 2. The van der Waals surface area contributed by atoms with Gasteiger partial charge in [-0.2, -0.15) is 0 Å².